The van der Waals surface area contributed by atoms with E-state index < -0.39 is 16.9 Å². The van der Waals surface area contributed by atoms with E-state index >= 15 is 0 Å². The first-order valence-corrected chi connectivity index (χ1v) is 16.1. The molecule has 7 nitrogen and oxygen atoms in total. The number of nitrogens with one attached hydrogen (secondary N) is 1. The molecule has 0 radical (unpaired) electrons. The molecule has 6 unspecified atom stereocenters. The number of carbonyl (C=O) groups excluding carboxylic acids is 1. The molecule has 2 N–H and O–H groups in total. The number of nitriles is 1. The highest BCUT2D eigenvalue weighted by Crippen LogP contribution is 2.73. The second kappa shape index (κ2) is 8.67. The highest BCUT2D eigenvalue weighted by molar-refractivity contribution is 5.95. The topological polar surface area (TPSA) is 103 Å². The molecule has 2 heterocycles. The van der Waals surface area contributed by atoms with Crippen LogP contribution in [0.3, 0.4) is 0 Å². The maximum atomic E-state index is 14.7. The third-order valence-corrected chi connectivity index (χ3v) is 13.8. The van der Waals surface area contributed by atoms with Crippen LogP contribution in [-0.4, -0.2) is 38.5 Å². The summed E-state index contributed by atoms with van der Waals surface area (Å²) in [6.45, 7) is 16.0. The highest BCUT2D eigenvalue weighted by atomic mass is 16.6. The van der Waals surface area contributed by atoms with Gasteiger partial charge >= 0.3 is 0 Å². The number of rotatable bonds is 3. The van der Waals surface area contributed by atoms with Crippen LogP contribution in [0.2, 0.25) is 0 Å². The highest BCUT2D eigenvalue weighted by Gasteiger charge is 2.70. The van der Waals surface area contributed by atoms with Gasteiger partial charge in [0.2, 0.25) is 0 Å². The second-order valence-corrected chi connectivity index (χ2v) is 16.7. The van der Waals surface area contributed by atoms with E-state index in [1.807, 2.05) is 29.1 Å². The smallest absolute Gasteiger partial charge is 0.191 e. The largest absolute Gasteiger partial charge is 0.387 e. The standard InChI is InChI=1S/C35H48N4O3/c1-30(2)11-13-35(38-28-29(42-28)39-16-8-15-37-39)14-12-34(7)26(22(35)19-30)23(40)17-25-32(5)18-21(20-36)27(41)31(3,4)24(32)9-10-33(25,34)6/h8,15-18,22,24,26-29,38,41H,9-14,19H2,1-7H3/t22?,24?,26?,27?,28?,29?,32-,33+,34+,35-/m0/s1. The molecular formula is C35H48N4O3. The van der Waals surface area contributed by atoms with Crippen LogP contribution in [0, 0.1) is 56.2 Å². The van der Waals surface area contributed by atoms with E-state index in [1.165, 1.54) is 5.57 Å². The summed E-state index contributed by atoms with van der Waals surface area (Å²) in [6, 6.07) is 4.24. The Morgan fingerprint density at radius 2 is 1.83 bits per heavy atom. The molecule has 1 saturated heterocycles. The van der Waals surface area contributed by atoms with Crippen molar-refractivity contribution in [2.24, 2.45) is 44.8 Å². The predicted octanol–water partition coefficient (Wildman–Crippen LogP) is 6.09. The van der Waals surface area contributed by atoms with Crippen molar-refractivity contribution in [2.45, 2.75) is 118 Å². The summed E-state index contributed by atoms with van der Waals surface area (Å²) in [7, 11) is 0. The van der Waals surface area contributed by atoms with Crippen LogP contribution in [0.5, 0.6) is 0 Å². The molecule has 10 atom stereocenters. The molecule has 1 aromatic heterocycles. The minimum atomic E-state index is -0.783. The fourth-order valence-corrected chi connectivity index (χ4v) is 11.2. The molecular weight excluding hydrogens is 524 g/mol. The van der Waals surface area contributed by atoms with Gasteiger partial charge in [0.15, 0.2) is 18.2 Å². The second-order valence-electron chi connectivity index (χ2n) is 16.7. The molecule has 0 aromatic carbocycles. The Morgan fingerprint density at radius 1 is 1.10 bits per heavy atom. The predicted molar refractivity (Wildman–Crippen MR) is 159 cm³/mol. The van der Waals surface area contributed by atoms with E-state index in [4.69, 9.17) is 4.74 Å². The van der Waals surface area contributed by atoms with E-state index in [0.717, 1.165) is 44.9 Å². The van der Waals surface area contributed by atoms with Crippen molar-refractivity contribution in [2.75, 3.05) is 0 Å². The molecule has 0 amide bonds. The molecule has 0 spiro atoms. The quantitative estimate of drug-likeness (QED) is 0.425. The first kappa shape index (κ1) is 28.5. The number of hydrogen-bond acceptors (Lipinski definition) is 6. The van der Waals surface area contributed by atoms with Crippen molar-refractivity contribution in [3.63, 3.8) is 0 Å². The summed E-state index contributed by atoms with van der Waals surface area (Å²) >= 11 is 0. The van der Waals surface area contributed by atoms with Crippen LogP contribution in [0.15, 0.2) is 41.8 Å². The van der Waals surface area contributed by atoms with E-state index in [1.54, 1.807) is 6.20 Å². The van der Waals surface area contributed by atoms with E-state index in [2.05, 4.69) is 65.0 Å². The average Bonchev–Trinajstić information content (AvgIpc) is 3.44. The summed E-state index contributed by atoms with van der Waals surface area (Å²) < 4.78 is 8.00. The van der Waals surface area contributed by atoms with E-state index in [9.17, 15) is 15.2 Å². The van der Waals surface area contributed by atoms with Crippen LogP contribution in [0.1, 0.15) is 99.6 Å². The van der Waals surface area contributed by atoms with Gasteiger partial charge in [0.05, 0.1) is 17.7 Å². The number of fused-ring (bicyclic) bond motifs is 7. The minimum absolute atomic E-state index is 0.0734. The number of ketones is 1. The van der Waals surface area contributed by atoms with Crippen LogP contribution in [0.4, 0.5) is 0 Å². The van der Waals surface area contributed by atoms with Gasteiger partial charge in [-0.1, -0.05) is 60.1 Å². The summed E-state index contributed by atoms with van der Waals surface area (Å²) in [6.07, 6.45) is 14.0. The fraction of sp³-hybridized carbons (Fsp3) is 0.743. The zero-order valence-corrected chi connectivity index (χ0v) is 26.4. The summed E-state index contributed by atoms with van der Waals surface area (Å²) in [4.78, 5) is 14.7. The minimum Gasteiger partial charge on any atom is -0.387 e. The molecule has 3 saturated carbocycles. The lowest BCUT2D eigenvalue weighted by atomic mass is 9.35. The number of aromatic nitrogens is 2. The SMILES string of the molecule is CC1(C)CC[C@]2(NC3OC3n3cccn3)CC[C@]3(C)C(C(=O)C=C4[C@@]5(C)C=C(C#N)C(O)C(C)(C)C5CC[C@]43C)C2C1. The summed E-state index contributed by atoms with van der Waals surface area (Å²) in [5, 5.41) is 29.6. The van der Waals surface area contributed by atoms with Gasteiger partial charge in [-0.05, 0) is 90.6 Å². The molecule has 0 bridgehead atoms. The van der Waals surface area contributed by atoms with Gasteiger partial charge < -0.3 is 9.84 Å². The number of carbonyl (C=O) groups is 1. The van der Waals surface area contributed by atoms with Gasteiger partial charge in [-0.3, -0.25) is 10.1 Å². The molecule has 7 rings (SSSR count). The fourth-order valence-electron chi connectivity index (χ4n) is 11.2. The Hall–Kier alpha value is -2.27. The maximum absolute atomic E-state index is 14.7. The summed E-state index contributed by atoms with van der Waals surface area (Å²) in [5.41, 5.74) is 0.404. The van der Waals surface area contributed by atoms with Crippen LogP contribution >= 0.6 is 0 Å². The van der Waals surface area contributed by atoms with Gasteiger partial charge in [-0.2, -0.15) is 10.4 Å². The van der Waals surface area contributed by atoms with Gasteiger partial charge in [0.25, 0.3) is 0 Å². The Balaban J connectivity index is 1.31. The van der Waals surface area contributed by atoms with Gasteiger partial charge in [0.1, 0.15) is 0 Å². The lowest BCUT2D eigenvalue weighted by Gasteiger charge is -2.69. The van der Waals surface area contributed by atoms with Crippen molar-refractivity contribution < 1.29 is 14.6 Å². The molecule has 5 aliphatic carbocycles. The number of hydrogen-bond donors (Lipinski definition) is 2. The molecule has 42 heavy (non-hydrogen) atoms. The van der Waals surface area contributed by atoms with Crippen molar-refractivity contribution in [1.82, 2.24) is 15.1 Å². The first-order chi connectivity index (χ1) is 19.6. The molecule has 6 aliphatic rings. The van der Waals surface area contributed by atoms with Crippen molar-refractivity contribution in [3.05, 3.63) is 41.8 Å². The van der Waals surface area contributed by atoms with Crippen molar-refractivity contribution in [3.8, 4) is 6.07 Å². The number of aliphatic hydroxyl groups excluding tert-OH is 1. The number of nitrogens with zero attached hydrogens (tertiary/aromatic N) is 3. The first-order valence-electron chi connectivity index (χ1n) is 16.1. The van der Waals surface area contributed by atoms with E-state index in [-0.39, 0.29) is 57.8 Å². The van der Waals surface area contributed by atoms with Crippen LogP contribution in [-0.2, 0) is 9.53 Å². The number of epoxide rings is 1. The number of ether oxygens (including phenoxy) is 1. The summed E-state index contributed by atoms with van der Waals surface area (Å²) in [5.74, 6) is 0.561. The van der Waals surface area contributed by atoms with Gasteiger partial charge in [-0.15, -0.1) is 0 Å². The third-order valence-electron chi connectivity index (χ3n) is 13.8. The monoisotopic (exact) mass is 572 g/mol. The molecule has 226 valence electrons. The van der Waals surface area contributed by atoms with E-state index in [0.29, 0.717) is 5.57 Å². The van der Waals surface area contributed by atoms with Gasteiger partial charge in [-0.25, -0.2) is 4.68 Å². The van der Waals surface area contributed by atoms with Crippen LogP contribution < -0.4 is 5.32 Å². The lowest BCUT2D eigenvalue weighted by Crippen LogP contribution is -2.69. The number of aliphatic hydroxyl groups is 1. The Morgan fingerprint density at radius 3 is 2.52 bits per heavy atom. The molecule has 1 aromatic rings. The normalized spacial score (nSPS) is 48.4. The lowest BCUT2D eigenvalue weighted by molar-refractivity contribution is -0.163. The Labute approximate surface area is 250 Å². The maximum Gasteiger partial charge on any atom is 0.191 e. The average molecular weight is 573 g/mol. The zero-order chi connectivity index (χ0) is 30.1. The van der Waals surface area contributed by atoms with Crippen molar-refractivity contribution >= 4 is 5.78 Å². The Bertz CT molecular complexity index is 1420. The zero-order valence-electron chi connectivity index (χ0n) is 26.4. The number of allylic oxidation sites excluding steroid dienone is 3. The Kier molecular flexibility index (Phi) is 5.88. The molecule has 1 aliphatic heterocycles. The van der Waals surface area contributed by atoms with Crippen LogP contribution in [0.25, 0.3) is 0 Å². The molecule has 4 fully saturated rings. The third kappa shape index (κ3) is 3.61. The van der Waals surface area contributed by atoms with Gasteiger partial charge in [0, 0.05) is 29.3 Å². The van der Waals surface area contributed by atoms with Crippen molar-refractivity contribution in [1.29, 1.82) is 5.26 Å². The molecule has 7 heteroatoms.